The molecule has 7 nitrogen and oxygen atoms in total. The lowest BCUT2D eigenvalue weighted by Crippen LogP contribution is -2.41. The van der Waals surface area contributed by atoms with Crippen molar-refractivity contribution in [1.29, 1.82) is 0 Å². The van der Waals surface area contributed by atoms with Gasteiger partial charge in [0.25, 0.3) is 0 Å². The Labute approximate surface area is 111 Å². The summed E-state index contributed by atoms with van der Waals surface area (Å²) < 4.78 is 26.0. The van der Waals surface area contributed by atoms with Crippen LogP contribution in [0.4, 0.5) is 11.4 Å². The number of nitrogens with zero attached hydrogens (tertiary/aromatic N) is 2. The SMILES string of the molecule is CN(C1CCC1)S(=O)(=O)c1cccc(N)c1[N+](=O)[O-]. The number of nitro benzene ring substituents is 1. The van der Waals surface area contributed by atoms with Crippen molar-refractivity contribution in [3.05, 3.63) is 28.3 Å². The summed E-state index contributed by atoms with van der Waals surface area (Å²) in [5, 5.41) is 11.0. The van der Waals surface area contributed by atoms with E-state index in [0.29, 0.717) is 0 Å². The maximum Gasteiger partial charge on any atom is 0.312 e. The van der Waals surface area contributed by atoms with Gasteiger partial charge in [0, 0.05) is 13.1 Å². The number of nitrogen functional groups attached to an aromatic ring is 1. The second-order valence-corrected chi connectivity index (χ2v) is 6.52. The molecule has 2 N–H and O–H groups in total. The molecule has 0 radical (unpaired) electrons. The first-order chi connectivity index (χ1) is 8.85. The summed E-state index contributed by atoms with van der Waals surface area (Å²) in [6, 6.07) is 3.87. The van der Waals surface area contributed by atoms with Crippen molar-refractivity contribution in [3.8, 4) is 0 Å². The molecule has 1 aromatic carbocycles. The Bertz CT molecular complexity index is 610. The van der Waals surface area contributed by atoms with Crippen LogP contribution >= 0.6 is 0 Å². The molecule has 1 saturated carbocycles. The number of anilines is 1. The molecular weight excluding hydrogens is 270 g/mol. The molecule has 0 spiro atoms. The summed E-state index contributed by atoms with van der Waals surface area (Å²) >= 11 is 0. The number of hydrogen-bond acceptors (Lipinski definition) is 5. The molecule has 0 atom stereocenters. The Morgan fingerprint density at radius 2 is 2.05 bits per heavy atom. The minimum atomic E-state index is -3.89. The van der Waals surface area contributed by atoms with Gasteiger partial charge in [-0.2, -0.15) is 4.31 Å². The van der Waals surface area contributed by atoms with Crippen molar-refractivity contribution >= 4 is 21.4 Å². The molecule has 1 aromatic rings. The Morgan fingerprint density at radius 1 is 1.42 bits per heavy atom. The summed E-state index contributed by atoms with van der Waals surface area (Å²) in [6.07, 6.45) is 2.54. The zero-order valence-corrected chi connectivity index (χ0v) is 11.3. The van der Waals surface area contributed by atoms with E-state index in [9.17, 15) is 18.5 Å². The quantitative estimate of drug-likeness (QED) is 0.510. The molecule has 104 valence electrons. The fourth-order valence-corrected chi connectivity index (χ4v) is 3.65. The number of nitrogens with two attached hydrogens (primary N) is 1. The number of rotatable bonds is 4. The number of para-hydroxylation sites is 1. The van der Waals surface area contributed by atoms with E-state index in [1.807, 2.05) is 0 Å². The zero-order valence-electron chi connectivity index (χ0n) is 10.4. The predicted octanol–water partition coefficient (Wildman–Crippen LogP) is 1.35. The van der Waals surface area contributed by atoms with Gasteiger partial charge in [-0.05, 0) is 25.0 Å². The van der Waals surface area contributed by atoms with Crippen molar-refractivity contribution in [2.75, 3.05) is 12.8 Å². The topological polar surface area (TPSA) is 107 Å². The van der Waals surface area contributed by atoms with Gasteiger partial charge in [0.05, 0.1) is 4.92 Å². The van der Waals surface area contributed by atoms with Crippen molar-refractivity contribution in [2.45, 2.75) is 30.2 Å². The van der Waals surface area contributed by atoms with Gasteiger partial charge < -0.3 is 5.73 Å². The number of nitro groups is 1. The average molecular weight is 285 g/mol. The first kappa shape index (κ1) is 13.8. The molecule has 1 fully saturated rings. The summed E-state index contributed by atoms with van der Waals surface area (Å²) in [7, 11) is -2.44. The van der Waals surface area contributed by atoms with E-state index in [0.717, 1.165) is 19.3 Å². The van der Waals surface area contributed by atoms with Crippen molar-refractivity contribution < 1.29 is 13.3 Å². The Hall–Kier alpha value is -1.67. The van der Waals surface area contributed by atoms with Gasteiger partial charge in [0.2, 0.25) is 10.0 Å². The number of hydrogen-bond donors (Lipinski definition) is 1. The van der Waals surface area contributed by atoms with E-state index in [4.69, 9.17) is 5.73 Å². The van der Waals surface area contributed by atoms with Gasteiger partial charge in [0.15, 0.2) is 4.90 Å². The smallest absolute Gasteiger partial charge is 0.312 e. The molecule has 19 heavy (non-hydrogen) atoms. The van der Waals surface area contributed by atoms with Crippen LogP contribution < -0.4 is 5.73 Å². The maximum absolute atomic E-state index is 12.4. The third-order valence-electron chi connectivity index (χ3n) is 3.46. The van der Waals surface area contributed by atoms with Crippen LogP contribution in [0.2, 0.25) is 0 Å². The molecular formula is C11H15N3O4S. The molecule has 1 aliphatic rings. The van der Waals surface area contributed by atoms with Crippen LogP contribution in [-0.2, 0) is 10.0 Å². The van der Waals surface area contributed by atoms with Crippen molar-refractivity contribution in [3.63, 3.8) is 0 Å². The third-order valence-corrected chi connectivity index (χ3v) is 5.40. The average Bonchev–Trinajstić information content (AvgIpc) is 2.25. The normalized spacial score (nSPS) is 16.3. The fraction of sp³-hybridized carbons (Fsp3) is 0.455. The van der Waals surface area contributed by atoms with Crippen LogP contribution in [0.15, 0.2) is 23.1 Å². The third kappa shape index (κ3) is 2.28. The van der Waals surface area contributed by atoms with Gasteiger partial charge >= 0.3 is 5.69 Å². The van der Waals surface area contributed by atoms with Crippen LogP contribution in [0.5, 0.6) is 0 Å². The summed E-state index contributed by atoms with van der Waals surface area (Å²) in [5.41, 5.74) is 4.82. The minimum absolute atomic E-state index is 0.0777. The van der Waals surface area contributed by atoms with Crippen LogP contribution in [-0.4, -0.2) is 30.7 Å². The predicted molar refractivity (Wildman–Crippen MR) is 70.1 cm³/mol. The Balaban J connectivity index is 2.51. The van der Waals surface area contributed by atoms with Crippen molar-refractivity contribution in [1.82, 2.24) is 4.31 Å². The van der Waals surface area contributed by atoms with Crippen LogP contribution in [0.25, 0.3) is 0 Å². The zero-order chi connectivity index (χ0) is 14.2. The monoisotopic (exact) mass is 285 g/mol. The second kappa shape index (κ2) is 4.78. The number of sulfonamides is 1. The standard InChI is InChI=1S/C11H15N3O4S/c1-13(8-4-2-5-8)19(17,18)10-7-3-6-9(12)11(10)14(15)16/h3,6-8H,2,4-5,12H2,1H3. The first-order valence-electron chi connectivity index (χ1n) is 5.86. The van der Waals surface area contributed by atoms with E-state index >= 15 is 0 Å². The van der Waals surface area contributed by atoms with Crippen LogP contribution in [0.3, 0.4) is 0 Å². The molecule has 0 saturated heterocycles. The summed E-state index contributed by atoms with van der Waals surface area (Å²) in [4.78, 5) is 9.91. The Morgan fingerprint density at radius 3 is 2.53 bits per heavy atom. The highest BCUT2D eigenvalue weighted by atomic mass is 32.2. The lowest BCUT2D eigenvalue weighted by molar-refractivity contribution is -0.386. The minimum Gasteiger partial charge on any atom is -0.393 e. The van der Waals surface area contributed by atoms with E-state index in [1.54, 1.807) is 0 Å². The maximum atomic E-state index is 12.4. The van der Waals surface area contributed by atoms with E-state index in [2.05, 4.69) is 0 Å². The number of benzene rings is 1. The molecule has 0 amide bonds. The van der Waals surface area contributed by atoms with Crippen molar-refractivity contribution in [2.24, 2.45) is 0 Å². The van der Waals surface area contributed by atoms with E-state index in [-0.39, 0.29) is 16.6 Å². The highest BCUT2D eigenvalue weighted by Gasteiger charge is 2.36. The van der Waals surface area contributed by atoms with Gasteiger partial charge in [0.1, 0.15) is 5.69 Å². The summed E-state index contributed by atoms with van der Waals surface area (Å²) in [5.74, 6) is 0. The highest BCUT2D eigenvalue weighted by Crippen LogP contribution is 2.34. The lowest BCUT2D eigenvalue weighted by Gasteiger charge is -2.33. The van der Waals surface area contributed by atoms with Gasteiger partial charge in [-0.3, -0.25) is 10.1 Å². The van der Waals surface area contributed by atoms with Gasteiger partial charge in [-0.15, -0.1) is 0 Å². The van der Waals surface area contributed by atoms with Gasteiger partial charge in [-0.25, -0.2) is 8.42 Å². The Kier molecular flexibility index (Phi) is 3.46. The highest BCUT2D eigenvalue weighted by molar-refractivity contribution is 7.89. The van der Waals surface area contributed by atoms with Gasteiger partial charge in [-0.1, -0.05) is 12.5 Å². The molecule has 2 rings (SSSR count). The second-order valence-electron chi connectivity index (χ2n) is 4.56. The molecule has 0 aliphatic heterocycles. The fourth-order valence-electron chi connectivity index (χ4n) is 2.04. The molecule has 1 aliphatic carbocycles. The largest absolute Gasteiger partial charge is 0.393 e. The molecule has 8 heteroatoms. The van der Waals surface area contributed by atoms with E-state index in [1.165, 1.54) is 29.6 Å². The van der Waals surface area contributed by atoms with Crippen LogP contribution in [0, 0.1) is 10.1 Å². The lowest BCUT2D eigenvalue weighted by atomic mass is 9.94. The molecule has 0 unspecified atom stereocenters. The van der Waals surface area contributed by atoms with Crippen LogP contribution in [0.1, 0.15) is 19.3 Å². The molecule has 0 aromatic heterocycles. The van der Waals surface area contributed by atoms with E-state index < -0.39 is 20.6 Å². The molecule has 0 bridgehead atoms. The first-order valence-corrected chi connectivity index (χ1v) is 7.30. The summed E-state index contributed by atoms with van der Waals surface area (Å²) in [6.45, 7) is 0. The molecule has 0 heterocycles.